The van der Waals surface area contributed by atoms with Crippen molar-refractivity contribution in [1.82, 2.24) is 4.57 Å². The summed E-state index contributed by atoms with van der Waals surface area (Å²) < 4.78 is 11.8. The van der Waals surface area contributed by atoms with E-state index in [4.69, 9.17) is 9.47 Å². The summed E-state index contributed by atoms with van der Waals surface area (Å²) in [6.45, 7) is 5.45. The number of rotatable bonds is 6. The Hall–Kier alpha value is -2.83. The third-order valence-corrected chi connectivity index (χ3v) is 3.01. The molecule has 1 aromatic heterocycles. The summed E-state index contributed by atoms with van der Waals surface area (Å²) in [5.74, 6) is 0.0518. The monoisotopic (exact) mass is 334 g/mol. The molecule has 1 heterocycles. The maximum absolute atomic E-state index is 11.6. The highest BCUT2D eigenvalue weighted by molar-refractivity contribution is 5.71. The van der Waals surface area contributed by atoms with Crippen molar-refractivity contribution in [3.63, 3.8) is 0 Å². The number of anilines is 1. The number of hydrogen-bond donors (Lipinski definition) is 3. The lowest BCUT2D eigenvalue weighted by Gasteiger charge is -2.19. The van der Waals surface area contributed by atoms with E-state index >= 15 is 0 Å². The van der Waals surface area contributed by atoms with E-state index in [9.17, 15) is 15.0 Å². The van der Waals surface area contributed by atoms with Gasteiger partial charge in [-0.3, -0.25) is 4.57 Å². The maximum atomic E-state index is 11.6. The number of benzene rings is 1. The summed E-state index contributed by atoms with van der Waals surface area (Å²) in [5.41, 5.74) is 0.233. The number of carbonyl (C=O) groups is 1. The molecule has 2 rings (SSSR count). The Morgan fingerprint density at radius 1 is 1.08 bits per heavy atom. The predicted molar refractivity (Wildman–Crippen MR) is 89.2 cm³/mol. The van der Waals surface area contributed by atoms with Gasteiger partial charge in [0.15, 0.2) is 18.4 Å². The molecular formula is C17H22N2O5. The molecular weight excluding hydrogens is 312 g/mol. The lowest BCUT2D eigenvalue weighted by atomic mass is 10.2. The SMILES string of the molecule is CC(C)(C)OC(=O)COc1ccc(NCn2c(O)ccc2O)cc1. The molecule has 0 aliphatic carbocycles. The van der Waals surface area contributed by atoms with Gasteiger partial charge in [-0.25, -0.2) is 4.79 Å². The van der Waals surface area contributed by atoms with Gasteiger partial charge >= 0.3 is 5.97 Å². The van der Waals surface area contributed by atoms with E-state index in [2.05, 4.69) is 5.32 Å². The zero-order valence-electron chi connectivity index (χ0n) is 13.9. The van der Waals surface area contributed by atoms with Crippen molar-refractivity contribution in [1.29, 1.82) is 0 Å². The minimum absolute atomic E-state index is 0.0303. The minimum Gasteiger partial charge on any atom is -0.494 e. The fourth-order valence-electron chi connectivity index (χ4n) is 1.96. The fraction of sp³-hybridized carbons (Fsp3) is 0.353. The third-order valence-electron chi connectivity index (χ3n) is 3.01. The van der Waals surface area contributed by atoms with E-state index in [1.807, 2.05) is 0 Å². The molecule has 7 heteroatoms. The number of aromatic nitrogens is 1. The summed E-state index contributed by atoms with van der Waals surface area (Å²) in [6, 6.07) is 9.77. The van der Waals surface area contributed by atoms with Crippen molar-refractivity contribution in [2.45, 2.75) is 33.0 Å². The highest BCUT2D eigenvalue weighted by atomic mass is 16.6. The first kappa shape index (κ1) is 17.5. The second-order valence-electron chi connectivity index (χ2n) is 6.21. The molecule has 0 bridgehead atoms. The van der Waals surface area contributed by atoms with Crippen LogP contribution in [0.3, 0.4) is 0 Å². The van der Waals surface area contributed by atoms with Crippen LogP contribution < -0.4 is 10.1 Å². The van der Waals surface area contributed by atoms with Crippen molar-refractivity contribution in [2.24, 2.45) is 0 Å². The highest BCUT2D eigenvalue weighted by Gasteiger charge is 2.16. The largest absolute Gasteiger partial charge is 0.494 e. The molecule has 0 atom stereocenters. The normalized spacial score (nSPS) is 11.1. The molecule has 7 nitrogen and oxygen atoms in total. The molecule has 0 fully saturated rings. The predicted octanol–water partition coefficient (Wildman–Crippen LogP) is 2.69. The number of carbonyl (C=O) groups excluding carboxylic acids is 1. The van der Waals surface area contributed by atoms with Crippen LogP contribution >= 0.6 is 0 Å². The van der Waals surface area contributed by atoms with E-state index in [1.54, 1.807) is 45.0 Å². The Bertz CT molecular complexity index is 666. The van der Waals surface area contributed by atoms with Crippen molar-refractivity contribution < 1.29 is 24.5 Å². The summed E-state index contributed by atoms with van der Waals surface area (Å²) in [7, 11) is 0. The van der Waals surface area contributed by atoms with Gasteiger partial charge in [0.1, 0.15) is 11.4 Å². The summed E-state index contributed by atoms with van der Waals surface area (Å²) in [4.78, 5) is 11.6. The number of nitrogens with one attached hydrogen (secondary N) is 1. The minimum atomic E-state index is -0.538. The Balaban J connectivity index is 1.84. The lowest BCUT2D eigenvalue weighted by molar-refractivity contribution is -0.157. The molecule has 0 spiro atoms. The van der Waals surface area contributed by atoms with Gasteiger partial charge in [-0.05, 0) is 45.0 Å². The van der Waals surface area contributed by atoms with Gasteiger partial charge in [0, 0.05) is 17.8 Å². The van der Waals surface area contributed by atoms with Gasteiger partial charge in [0.2, 0.25) is 0 Å². The Morgan fingerprint density at radius 2 is 1.67 bits per heavy atom. The molecule has 0 aliphatic rings. The molecule has 130 valence electrons. The van der Waals surface area contributed by atoms with Gasteiger partial charge in [-0.15, -0.1) is 0 Å². The van der Waals surface area contributed by atoms with Gasteiger partial charge in [0.05, 0.1) is 6.67 Å². The van der Waals surface area contributed by atoms with Gasteiger partial charge in [-0.2, -0.15) is 0 Å². The van der Waals surface area contributed by atoms with Gasteiger partial charge < -0.3 is 25.0 Å². The van der Waals surface area contributed by atoms with Crippen molar-refractivity contribution >= 4 is 11.7 Å². The van der Waals surface area contributed by atoms with Crippen molar-refractivity contribution in [3.05, 3.63) is 36.4 Å². The molecule has 0 aliphatic heterocycles. The second kappa shape index (κ2) is 7.16. The first-order valence-electron chi connectivity index (χ1n) is 7.50. The summed E-state index contributed by atoms with van der Waals surface area (Å²) in [5, 5.41) is 22.2. The van der Waals surface area contributed by atoms with Crippen LogP contribution in [0.25, 0.3) is 0 Å². The van der Waals surface area contributed by atoms with Crippen LogP contribution in [0.2, 0.25) is 0 Å². The quantitative estimate of drug-likeness (QED) is 0.703. The smallest absolute Gasteiger partial charge is 0.344 e. The van der Waals surface area contributed by atoms with Crippen LogP contribution in [0.1, 0.15) is 20.8 Å². The van der Waals surface area contributed by atoms with Crippen LogP contribution in [0.15, 0.2) is 36.4 Å². The summed E-state index contributed by atoms with van der Waals surface area (Å²) in [6.07, 6.45) is 0. The topological polar surface area (TPSA) is 93.0 Å². The standard InChI is InChI=1S/C17H22N2O5/c1-17(2,3)24-16(22)10-23-13-6-4-12(5-7-13)18-11-19-14(20)8-9-15(19)21/h4-9,18,20-21H,10-11H2,1-3H3. The van der Waals surface area contributed by atoms with E-state index < -0.39 is 11.6 Å². The fourth-order valence-corrected chi connectivity index (χ4v) is 1.96. The van der Waals surface area contributed by atoms with Crippen LogP contribution in [0.4, 0.5) is 5.69 Å². The Kier molecular flexibility index (Phi) is 5.23. The molecule has 24 heavy (non-hydrogen) atoms. The number of hydrogen-bond acceptors (Lipinski definition) is 6. The second-order valence-corrected chi connectivity index (χ2v) is 6.21. The molecule has 0 radical (unpaired) electrons. The van der Waals surface area contributed by atoms with Crippen molar-refractivity contribution in [2.75, 3.05) is 11.9 Å². The highest BCUT2D eigenvalue weighted by Crippen LogP contribution is 2.22. The molecule has 0 unspecified atom stereocenters. The molecule has 0 saturated heterocycles. The molecule has 3 N–H and O–H groups in total. The van der Waals surface area contributed by atoms with Crippen LogP contribution in [-0.4, -0.2) is 33.0 Å². The summed E-state index contributed by atoms with van der Waals surface area (Å²) >= 11 is 0. The van der Waals surface area contributed by atoms with Crippen LogP contribution in [0, 0.1) is 0 Å². The van der Waals surface area contributed by atoms with Crippen LogP contribution in [0.5, 0.6) is 17.5 Å². The zero-order valence-corrected chi connectivity index (χ0v) is 13.9. The van der Waals surface area contributed by atoms with Gasteiger partial charge in [0.25, 0.3) is 0 Å². The first-order valence-corrected chi connectivity index (χ1v) is 7.50. The van der Waals surface area contributed by atoms with Gasteiger partial charge in [-0.1, -0.05) is 0 Å². The van der Waals surface area contributed by atoms with E-state index in [1.165, 1.54) is 16.7 Å². The number of esters is 1. The Morgan fingerprint density at radius 3 is 2.21 bits per heavy atom. The average molecular weight is 334 g/mol. The maximum Gasteiger partial charge on any atom is 0.344 e. The molecule has 2 aromatic rings. The van der Waals surface area contributed by atoms with E-state index in [0.29, 0.717) is 5.75 Å². The number of ether oxygens (including phenoxy) is 2. The molecule has 0 amide bonds. The first-order chi connectivity index (χ1) is 11.2. The van der Waals surface area contributed by atoms with E-state index in [-0.39, 0.29) is 25.0 Å². The lowest BCUT2D eigenvalue weighted by Crippen LogP contribution is -2.27. The Labute approximate surface area is 140 Å². The van der Waals surface area contributed by atoms with Crippen molar-refractivity contribution in [3.8, 4) is 17.5 Å². The average Bonchev–Trinajstić information content (AvgIpc) is 2.81. The molecule has 0 saturated carbocycles. The van der Waals surface area contributed by atoms with Crippen LogP contribution in [-0.2, 0) is 16.2 Å². The third kappa shape index (κ3) is 5.12. The van der Waals surface area contributed by atoms with E-state index in [0.717, 1.165) is 5.69 Å². The molecule has 1 aromatic carbocycles. The number of nitrogens with zero attached hydrogens (tertiary/aromatic N) is 1. The zero-order chi connectivity index (χ0) is 17.7. The number of aromatic hydroxyl groups is 2.